The molecule has 4 heteroatoms. The molecule has 0 aromatic heterocycles. The lowest BCUT2D eigenvalue weighted by Crippen LogP contribution is -2.56. The van der Waals surface area contributed by atoms with Crippen LogP contribution in [-0.2, 0) is 18.4 Å². The molecular formula is C25H35N3O. The van der Waals surface area contributed by atoms with Gasteiger partial charge in [0.2, 0.25) is 0 Å². The number of benzene rings is 2. The average molecular weight is 394 g/mol. The normalized spacial score (nSPS) is 24.2. The highest BCUT2D eigenvalue weighted by atomic mass is 16.2. The zero-order valence-electron chi connectivity index (χ0n) is 18.2. The minimum Gasteiger partial charge on any atom is -0.326 e. The fourth-order valence-corrected chi connectivity index (χ4v) is 5.28. The van der Waals surface area contributed by atoms with Crippen molar-refractivity contribution in [3.8, 4) is 0 Å². The van der Waals surface area contributed by atoms with E-state index in [-0.39, 0.29) is 17.5 Å². The highest BCUT2D eigenvalue weighted by Gasteiger charge is 2.46. The van der Waals surface area contributed by atoms with E-state index in [4.69, 9.17) is 5.73 Å². The number of nitrogens with two attached hydrogens (primary N) is 1. The largest absolute Gasteiger partial charge is 0.326 e. The molecular weight excluding hydrogens is 358 g/mol. The van der Waals surface area contributed by atoms with Crippen LogP contribution in [-0.4, -0.2) is 24.0 Å². The number of nitrogens with one attached hydrogen (secondary N) is 1. The third kappa shape index (κ3) is 4.32. The average Bonchev–Trinajstić information content (AvgIpc) is 2.74. The molecule has 3 atom stereocenters. The summed E-state index contributed by atoms with van der Waals surface area (Å²) < 4.78 is 0. The van der Waals surface area contributed by atoms with E-state index in [1.165, 1.54) is 17.5 Å². The lowest BCUT2D eigenvalue weighted by Gasteiger charge is -2.50. The number of urea groups is 1. The first-order valence-electron chi connectivity index (χ1n) is 10.8. The number of carbonyl (C=O) groups is 1. The molecule has 4 nitrogen and oxygen atoms in total. The van der Waals surface area contributed by atoms with E-state index in [0.29, 0.717) is 12.5 Å². The Morgan fingerprint density at radius 2 is 1.90 bits per heavy atom. The monoisotopic (exact) mass is 393 g/mol. The fourth-order valence-electron chi connectivity index (χ4n) is 5.28. The van der Waals surface area contributed by atoms with Crippen LogP contribution < -0.4 is 11.1 Å². The Hall–Kier alpha value is -2.33. The molecule has 2 aromatic carbocycles. The van der Waals surface area contributed by atoms with Crippen LogP contribution in [0.1, 0.15) is 56.7 Å². The number of aryl methyl sites for hydroxylation is 1. The Labute approximate surface area is 175 Å². The van der Waals surface area contributed by atoms with Crippen molar-refractivity contribution < 1.29 is 4.79 Å². The molecule has 1 unspecified atom stereocenters. The molecule has 3 N–H and O–H groups in total. The van der Waals surface area contributed by atoms with E-state index in [2.05, 4.69) is 50.4 Å². The van der Waals surface area contributed by atoms with Gasteiger partial charge in [-0.1, -0.05) is 63.6 Å². The molecule has 1 fully saturated rings. The fraction of sp³-hybridized carbons (Fsp3) is 0.480. The number of hydrogen-bond acceptors (Lipinski definition) is 2. The van der Waals surface area contributed by atoms with Gasteiger partial charge in [-0.3, -0.25) is 0 Å². The van der Waals surface area contributed by atoms with Crippen molar-refractivity contribution in [1.29, 1.82) is 0 Å². The number of hydrogen-bond donors (Lipinski definition) is 2. The molecule has 1 saturated carbocycles. The predicted octanol–water partition coefficient (Wildman–Crippen LogP) is 5.32. The molecule has 0 heterocycles. The van der Waals surface area contributed by atoms with E-state index in [1.54, 1.807) is 0 Å². The minimum atomic E-state index is -0.0558. The molecule has 1 aliphatic carbocycles. The van der Waals surface area contributed by atoms with E-state index < -0.39 is 0 Å². The van der Waals surface area contributed by atoms with E-state index in [9.17, 15) is 4.79 Å². The van der Waals surface area contributed by atoms with E-state index in [1.807, 2.05) is 36.2 Å². The van der Waals surface area contributed by atoms with Gasteiger partial charge in [-0.05, 0) is 54.0 Å². The molecule has 3 rings (SSSR count). The van der Waals surface area contributed by atoms with Crippen molar-refractivity contribution >= 4 is 11.7 Å². The summed E-state index contributed by atoms with van der Waals surface area (Å²) in [6.45, 7) is 7.35. The maximum absolute atomic E-state index is 13.2. The molecule has 0 bridgehead atoms. The summed E-state index contributed by atoms with van der Waals surface area (Å²) in [6, 6.07) is 16.6. The molecule has 2 aromatic rings. The Balaban J connectivity index is 1.88. The summed E-state index contributed by atoms with van der Waals surface area (Å²) in [4.78, 5) is 15.1. The van der Waals surface area contributed by atoms with Gasteiger partial charge in [-0.15, -0.1) is 0 Å². The first-order valence-corrected chi connectivity index (χ1v) is 10.8. The van der Waals surface area contributed by atoms with Crippen LogP contribution in [0.5, 0.6) is 0 Å². The van der Waals surface area contributed by atoms with Crippen LogP contribution in [0, 0.1) is 5.92 Å². The van der Waals surface area contributed by atoms with Crippen LogP contribution in [0.3, 0.4) is 0 Å². The van der Waals surface area contributed by atoms with Crippen LogP contribution >= 0.6 is 0 Å². The standard InChI is InChI=1S/C25H35N3O/c1-5-20-10-6-7-11-22(20)25(3)16-8-9-18(2)23(25)28(4)24(29)27-21-14-12-19(17-26)13-15-21/h6-7,10-15,18,23H,5,8-9,16-17,26H2,1-4H3,(H,27,29)/t18?,23-,25+/m0/s1. The maximum atomic E-state index is 13.2. The van der Waals surface area contributed by atoms with Gasteiger partial charge in [0.25, 0.3) is 0 Å². The first-order chi connectivity index (χ1) is 13.9. The number of rotatable bonds is 5. The SMILES string of the molecule is CCc1ccccc1[C@@]1(C)CCCC(C)[C@@H]1N(C)C(=O)Nc1ccc(CN)cc1. The third-order valence-corrected chi connectivity index (χ3v) is 6.74. The van der Waals surface area contributed by atoms with Crippen molar-refractivity contribution in [2.45, 2.75) is 64.5 Å². The van der Waals surface area contributed by atoms with Gasteiger partial charge >= 0.3 is 6.03 Å². The summed E-state index contributed by atoms with van der Waals surface area (Å²) in [5, 5.41) is 3.07. The second kappa shape index (κ2) is 9.00. The molecule has 0 radical (unpaired) electrons. The molecule has 0 aliphatic heterocycles. The Morgan fingerprint density at radius 3 is 2.55 bits per heavy atom. The molecule has 0 spiro atoms. The number of anilines is 1. The Bertz CT molecular complexity index is 832. The van der Waals surface area contributed by atoms with Gasteiger partial charge in [-0.25, -0.2) is 4.79 Å². The summed E-state index contributed by atoms with van der Waals surface area (Å²) >= 11 is 0. The number of nitrogens with zero attached hydrogens (tertiary/aromatic N) is 1. The van der Waals surface area contributed by atoms with Gasteiger partial charge in [0, 0.05) is 30.7 Å². The number of amides is 2. The van der Waals surface area contributed by atoms with Gasteiger partial charge in [0.15, 0.2) is 0 Å². The van der Waals surface area contributed by atoms with Crippen LogP contribution in [0.4, 0.5) is 10.5 Å². The van der Waals surface area contributed by atoms with Crippen molar-refractivity contribution in [2.75, 3.05) is 12.4 Å². The van der Waals surface area contributed by atoms with Crippen molar-refractivity contribution in [3.63, 3.8) is 0 Å². The molecule has 156 valence electrons. The Kier molecular flexibility index (Phi) is 6.63. The second-order valence-electron chi connectivity index (χ2n) is 8.68. The highest BCUT2D eigenvalue weighted by molar-refractivity contribution is 5.89. The van der Waals surface area contributed by atoms with E-state index >= 15 is 0 Å². The summed E-state index contributed by atoms with van der Waals surface area (Å²) in [7, 11) is 1.95. The topological polar surface area (TPSA) is 58.4 Å². The quantitative estimate of drug-likeness (QED) is 0.722. The minimum absolute atomic E-state index is 0.0514. The van der Waals surface area contributed by atoms with Crippen LogP contribution in [0.15, 0.2) is 48.5 Å². The van der Waals surface area contributed by atoms with Crippen LogP contribution in [0.25, 0.3) is 0 Å². The number of likely N-dealkylation sites (N-methyl/N-ethyl adjacent to an activating group) is 1. The Morgan fingerprint density at radius 1 is 1.21 bits per heavy atom. The zero-order valence-corrected chi connectivity index (χ0v) is 18.2. The van der Waals surface area contributed by atoms with E-state index in [0.717, 1.165) is 30.5 Å². The molecule has 0 saturated heterocycles. The van der Waals surface area contributed by atoms with Crippen molar-refractivity contribution in [1.82, 2.24) is 4.90 Å². The summed E-state index contributed by atoms with van der Waals surface area (Å²) in [5.41, 5.74) is 10.3. The van der Waals surface area contributed by atoms with Gasteiger partial charge in [0.1, 0.15) is 0 Å². The predicted molar refractivity (Wildman–Crippen MR) is 121 cm³/mol. The summed E-state index contributed by atoms with van der Waals surface area (Å²) in [5.74, 6) is 0.439. The molecule has 29 heavy (non-hydrogen) atoms. The second-order valence-corrected chi connectivity index (χ2v) is 8.68. The van der Waals surface area contributed by atoms with Crippen molar-refractivity contribution in [2.24, 2.45) is 11.7 Å². The number of carbonyl (C=O) groups excluding carboxylic acids is 1. The lowest BCUT2D eigenvalue weighted by atomic mass is 9.62. The highest BCUT2D eigenvalue weighted by Crippen LogP contribution is 2.45. The molecule has 1 aliphatic rings. The van der Waals surface area contributed by atoms with Gasteiger partial charge in [0.05, 0.1) is 0 Å². The van der Waals surface area contributed by atoms with Gasteiger partial charge < -0.3 is 16.0 Å². The third-order valence-electron chi connectivity index (χ3n) is 6.74. The van der Waals surface area contributed by atoms with Crippen molar-refractivity contribution in [3.05, 3.63) is 65.2 Å². The first kappa shape index (κ1) is 21.4. The zero-order chi connectivity index (χ0) is 21.0. The molecule has 2 amide bonds. The summed E-state index contributed by atoms with van der Waals surface area (Å²) in [6.07, 6.45) is 4.46. The smallest absolute Gasteiger partial charge is 0.321 e. The van der Waals surface area contributed by atoms with Gasteiger partial charge in [-0.2, -0.15) is 0 Å². The lowest BCUT2D eigenvalue weighted by molar-refractivity contribution is 0.0889. The maximum Gasteiger partial charge on any atom is 0.321 e. The van der Waals surface area contributed by atoms with Crippen LogP contribution in [0.2, 0.25) is 0 Å².